The normalized spacial score (nSPS) is 23.2. The van der Waals surface area contributed by atoms with Crippen molar-refractivity contribution < 1.29 is 8.42 Å². The van der Waals surface area contributed by atoms with E-state index in [1.54, 1.807) is 4.31 Å². The van der Waals surface area contributed by atoms with Crippen molar-refractivity contribution in [3.63, 3.8) is 0 Å². The molecule has 7 nitrogen and oxygen atoms in total. The third-order valence-corrected chi connectivity index (χ3v) is 6.51. The molecule has 1 fully saturated rings. The Hall–Kier alpha value is -1.93. The van der Waals surface area contributed by atoms with Crippen molar-refractivity contribution in [2.45, 2.75) is 50.1 Å². The molecule has 2 atom stereocenters. The van der Waals surface area contributed by atoms with Gasteiger partial charge in [-0.05, 0) is 44.9 Å². The number of H-pyrrole nitrogens is 2. The van der Waals surface area contributed by atoms with Crippen LogP contribution < -0.4 is 11.1 Å². The Morgan fingerprint density at radius 3 is 2.17 bits per heavy atom. The predicted octanol–water partition coefficient (Wildman–Crippen LogP) is 1.17. The van der Waals surface area contributed by atoms with Gasteiger partial charge in [-0.25, -0.2) is 8.42 Å². The first kappa shape index (κ1) is 15.9. The predicted molar refractivity (Wildman–Crippen MR) is 87.0 cm³/mol. The van der Waals surface area contributed by atoms with Gasteiger partial charge in [0.05, 0.1) is 15.9 Å². The van der Waals surface area contributed by atoms with E-state index in [1.807, 2.05) is 13.8 Å². The second kappa shape index (κ2) is 5.61. The number of hydrogen-bond donors (Lipinski definition) is 2. The summed E-state index contributed by atoms with van der Waals surface area (Å²) in [5.41, 5.74) is -0.862. The van der Waals surface area contributed by atoms with Gasteiger partial charge < -0.3 is 9.97 Å². The summed E-state index contributed by atoms with van der Waals surface area (Å²) in [6.07, 6.45) is 2.68. The van der Waals surface area contributed by atoms with Gasteiger partial charge in [0.25, 0.3) is 0 Å². The average Bonchev–Trinajstić information content (AvgIpc) is 2.47. The highest BCUT2D eigenvalue weighted by molar-refractivity contribution is 7.89. The maximum atomic E-state index is 13.0. The monoisotopic (exact) mass is 337 g/mol. The van der Waals surface area contributed by atoms with Crippen molar-refractivity contribution in [3.8, 4) is 0 Å². The molecule has 0 saturated carbocycles. The lowest BCUT2D eigenvalue weighted by atomic mass is 10.0. The summed E-state index contributed by atoms with van der Waals surface area (Å²) in [6, 6.07) is 4.23. The molecule has 1 aliphatic rings. The Bertz CT molecular complexity index is 951. The zero-order valence-electron chi connectivity index (χ0n) is 13.0. The van der Waals surface area contributed by atoms with Crippen LogP contribution in [0, 0.1) is 0 Å². The fourth-order valence-corrected chi connectivity index (χ4v) is 5.16. The van der Waals surface area contributed by atoms with Gasteiger partial charge in [0.15, 0.2) is 0 Å². The van der Waals surface area contributed by atoms with Crippen molar-refractivity contribution in [1.82, 2.24) is 14.3 Å². The van der Waals surface area contributed by atoms with Crippen LogP contribution in [0.15, 0.2) is 32.7 Å². The molecular weight excluding hydrogens is 318 g/mol. The number of rotatable bonds is 2. The summed E-state index contributed by atoms with van der Waals surface area (Å²) in [5.74, 6) is 0. The van der Waals surface area contributed by atoms with Crippen LogP contribution in [-0.2, 0) is 10.0 Å². The summed E-state index contributed by atoms with van der Waals surface area (Å²) in [5, 5.41) is 0. The second-order valence-electron chi connectivity index (χ2n) is 6.08. The number of aromatic amines is 2. The number of benzene rings is 1. The first-order valence-corrected chi connectivity index (χ1v) is 9.04. The first-order chi connectivity index (χ1) is 10.8. The van der Waals surface area contributed by atoms with Gasteiger partial charge in [-0.15, -0.1) is 0 Å². The van der Waals surface area contributed by atoms with Gasteiger partial charge in [0.1, 0.15) is 0 Å². The van der Waals surface area contributed by atoms with E-state index in [-0.39, 0.29) is 17.0 Å². The Kier molecular flexibility index (Phi) is 3.89. The molecule has 0 radical (unpaired) electrons. The van der Waals surface area contributed by atoms with Crippen molar-refractivity contribution in [2.24, 2.45) is 0 Å². The van der Waals surface area contributed by atoms with Crippen molar-refractivity contribution in [3.05, 3.63) is 38.9 Å². The molecule has 8 heteroatoms. The molecule has 1 aliphatic heterocycles. The molecule has 0 spiro atoms. The molecule has 2 N–H and O–H groups in total. The molecule has 23 heavy (non-hydrogen) atoms. The fraction of sp³-hybridized carbons (Fsp3) is 0.467. The molecule has 3 rings (SSSR count). The summed E-state index contributed by atoms with van der Waals surface area (Å²) in [6.45, 7) is 3.82. The summed E-state index contributed by atoms with van der Waals surface area (Å²) >= 11 is 0. The smallest absolute Gasteiger partial charge is 0.314 e. The lowest BCUT2D eigenvalue weighted by Crippen LogP contribution is -2.47. The van der Waals surface area contributed by atoms with Crippen LogP contribution in [0.25, 0.3) is 11.0 Å². The molecule has 0 bridgehead atoms. The van der Waals surface area contributed by atoms with Gasteiger partial charge in [-0.2, -0.15) is 4.31 Å². The molecule has 1 aromatic heterocycles. The SMILES string of the molecule is CC1CCCC(C)N1S(=O)(=O)c1ccc2[nH]c(=O)c(=O)[nH]c2c1. The molecule has 124 valence electrons. The molecule has 2 aromatic rings. The molecule has 2 unspecified atom stereocenters. The maximum Gasteiger partial charge on any atom is 0.314 e. The van der Waals surface area contributed by atoms with Gasteiger partial charge in [-0.3, -0.25) is 9.59 Å². The number of hydrogen-bond acceptors (Lipinski definition) is 4. The Balaban J connectivity index is 2.13. The van der Waals surface area contributed by atoms with Crippen LogP contribution >= 0.6 is 0 Å². The first-order valence-electron chi connectivity index (χ1n) is 7.60. The maximum absolute atomic E-state index is 13.0. The van der Waals surface area contributed by atoms with Crippen molar-refractivity contribution >= 4 is 21.1 Å². The zero-order valence-corrected chi connectivity index (χ0v) is 13.8. The van der Waals surface area contributed by atoms with E-state index >= 15 is 0 Å². The van der Waals surface area contributed by atoms with Crippen LogP contribution in [0.4, 0.5) is 0 Å². The van der Waals surface area contributed by atoms with Gasteiger partial charge >= 0.3 is 11.1 Å². The van der Waals surface area contributed by atoms with Gasteiger partial charge in [0.2, 0.25) is 10.0 Å². The van der Waals surface area contributed by atoms with E-state index in [1.165, 1.54) is 18.2 Å². The van der Waals surface area contributed by atoms with E-state index in [2.05, 4.69) is 9.97 Å². The third-order valence-electron chi connectivity index (χ3n) is 4.38. The highest BCUT2D eigenvalue weighted by atomic mass is 32.2. The van der Waals surface area contributed by atoms with E-state index in [0.29, 0.717) is 11.0 Å². The molecule has 0 aliphatic carbocycles. The minimum absolute atomic E-state index is 0.0610. The number of sulfonamides is 1. The van der Waals surface area contributed by atoms with Crippen LogP contribution in [0.2, 0.25) is 0 Å². The largest absolute Gasteiger partial charge is 0.316 e. The second-order valence-corrected chi connectivity index (χ2v) is 7.92. The minimum Gasteiger partial charge on any atom is -0.316 e. The van der Waals surface area contributed by atoms with E-state index < -0.39 is 21.1 Å². The third kappa shape index (κ3) is 2.72. The van der Waals surface area contributed by atoms with Crippen LogP contribution in [0.5, 0.6) is 0 Å². The lowest BCUT2D eigenvalue weighted by molar-refractivity contribution is 0.204. The van der Waals surface area contributed by atoms with Gasteiger partial charge in [0, 0.05) is 12.1 Å². The molecular formula is C15H19N3O4S. The molecule has 1 aromatic carbocycles. The van der Waals surface area contributed by atoms with E-state index in [9.17, 15) is 18.0 Å². The number of nitrogens with one attached hydrogen (secondary N) is 2. The van der Waals surface area contributed by atoms with E-state index in [0.717, 1.165) is 19.3 Å². The Morgan fingerprint density at radius 1 is 1.00 bits per heavy atom. The quantitative estimate of drug-likeness (QED) is 0.803. The minimum atomic E-state index is -3.66. The van der Waals surface area contributed by atoms with Crippen LogP contribution in [-0.4, -0.2) is 34.8 Å². The number of aromatic nitrogens is 2. The number of piperidine rings is 1. The molecule has 2 heterocycles. The number of nitrogens with zero attached hydrogens (tertiary/aromatic N) is 1. The summed E-state index contributed by atoms with van der Waals surface area (Å²) in [7, 11) is -3.66. The average molecular weight is 337 g/mol. The fourth-order valence-electron chi connectivity index (χ4n) is 3.25. The lowest BCUT2D eigenvalue weighted by Gasteiger charge is -2.37. The standard InChI is InChI=1S/C15H19N3O4S/c1-9-4-3-5-10(2)18(9)23(21,22)11-6-7-12-13(8-11)17-15(20)14(19)16-12/h6-10H,3-5H2,1-2H3,(H,16,19)(H,17,20). The van der Waals surface area contributed by atoms with Crippen LogP contribution in [0.1, 0.15) is 33.1 Å². The Morgan fingerprint density at radius 2 is 1.57 bits per heavy atom. The Labute approximate surface area is 133 Å². The molecule has 0 amide bonds. The van der Waals surface area contributed by atoms with Gasteiger partial charge in [-0.1, -0.05) is 6.42 Å². The van der Waals surface area contributed by atoms with Crippen LogP contribution in [0.3, 0.4) is 0 Å². The molecule has 1 saturated heterocycles. The summed E-state index contributed by atoms with van der Waals surface area (Å²) < 4.78 is 27.5. The summed E-state index contributed by atoms with van der Waals surface area (Å²) in [4.78, 5) is 27.7. The zero-order chi connectivity index (χ0) is 16.8. The highest BCUT2D eigenvalue weighted by Crippen LogP contribution is 2.30. The van der Waals surface area contributed by atoms with E-state index in [4.69, 9.17) is 0 Å². The van der Waals surface area contributed by atoms with Crippen molar-refractivity contribution in [1.29, 1.82) is 0 Å². The van der Waals surface area contributed by atoms with Crippen molar-refractivity contribution in [2.75, 3.05) is 0 Å². The highest BCUT2D eigenvalue weighted by Gasteiger charge is 2.35. The topological polar surface area (TPSA) is 103 Å². The number of fused-ring (bicyclic) bond motifs is 1.